The fraction of sp³-hybridized carbons (Fsp3) is 0.250. The van der Waals surface area contributed by atoms with Gasteiger partial charge in [0.15, 0.2) is 41.7 Å². The highest BCUT2D eigenvalue weighted by molar-refractivity contribution is 7.55. The van der Waals surface area contributed by atoms with Crippen LogP contribution in [0.3, 0.4) is 0 Å². The van der Waals surface area contributed by atoms with E-state index < -0.39 is 52.3 Å². The number of rotatable bonds is 2. The van der Waals surface area contributed by atoms with Crippen LogP contribution in [0.1, 0.15) is 5.76 Å². The van der Waals surface area contributed by atoms with Crippen LogP contribution >= 0.6 is 16.3 Å². The van der Waals surface area contributed by atoms with Gasteiger partial charge in [-0.15, -0.1) is 4.52 Å². The van der Waals surface area contributed by atoms with Crippen molar-refractivity contribution in [2.75, 3.05) is 13.3 Å². The molecule has 0 aliphatic carbocycles. The standard InChI is InChI=1S/C20H22N9O12P2/c21-16-12-17(23-4-22-16)29(7-26-12)20-15-14(30)10(39-20)3-37-42(32,33)40-8-1-11(38-9(8)2-36-43(34,35)41-15)28-6-27-13-18(28)24-5-25-19(13)31/h1,3,5-6,14,17,22-23,26,30,32-35H,2,4,7,21H2/q+1/p+1/b10-3+/t14-,17?/m1/s1. The molecule has 0 aromatic carbocycles. The van der Waals surface area contributed by atoms with E-state index in [2.05, 4.69) is 30.9 Å². The van der Waals surface area contributed by atoms with Crippen LogP contribution in [-0.2, 0) is 24.9 Å². The monoisotopic (exact) mass is 643 g/mol. The van der Waals surface area contributed by atoms with Gasteiger partial charge in [-0.2, -0.15) is 19.6 Å². The van der Waals surface area contributed by atoms with E-state index in [9.17, 15) is 29.5 Å². The van der Waals surface area contributed by atoms with Crippen molar-refractivity contribution in [3.05, 3.63) is 70.0 Å². The first-order valence-corrected chi connectivity index (χ1v) is 15.3. The van der Waals surface area contributed by atoms with Gasteiger partial charge in [-0.25, -0.2) is 9.97 Å². The molecule has 2 bridgehead atoms. The van der Waals surface area contributed by atoms with E-state index in [0.717, 1.165) is 6.33 Å². The number of aromatic amines is 1. The Kier molecular flexibility index (Phi) is 6.40. The third-order valence-electron chi connectivity index (χ3n) is 6.53. The smallest absolute Gasteiger partial charge is 0.438 e. The number of aliphatic hydroxyl groups excluding tert-OH is 1. The lowest BCUT2D eigenvalue weighted by Crippen LogP contribution is -2.51. The van der Waals surface area contributed by atoms with Crippen molar-refractivity contribution >= 4 is 27.5 Å². The summed E-state index contributed by atoms with van der Waals surface area (Å²) in [6.45, 7) is -0.380. The molecule has 3 aromatic heterocycles. The van der Waals surface area contributed by atoms with Crippen molar-refractivity contribution in [1.29, 1.82) is 0 Å². The summed E-state index contributed by atoms with van der Waals surface area (Å²) in [7, 11) is -9.53. The minimum Gasteiger partial charge on any atom is -0.438 e. The fourth-order valence-corrected chi connectivity index (χ4v) is 6.07. The average molecular weight is 643 g/mol. The Morgan fingerprint density at radius 3 is 2.79 bits per heavy atom. The number of fused-ring (bicyclic) bond motifs is 5. The summed E-state index contributed by atoms with van der Waals surface area (Å²) in [6.07, 6.45) is 0.677. The molecule has 43 heavy (non-hydrogen) atoms. The number of imidazole rings is 1. The van der Waals surface area contributed by atoms with Crippen LogP contribution in [-0.4, -0.2) is 74.7 Å². The predicted molar refractivity (Wildman–Crippen MR) is 140 cm³/mol. The van der Waals surface area contributed by atoms with Gasteiger partial charge in [0.2, 0.25) is 17.5 Å². The number of nitrogens with zero attached hydrogens (tertiary/aromatic N) is 4. The van der Waals surface area contributed by atoms with Gasteiger partial charge in [-0.05, 0) is 0 Å². The third kappa shape index (κ3) is 4.87. The van der Waals surface area contributed by atoms with Crippen molar-refractivity contribution in [2.24, 2.45) is 5.73 Å². The molecule has 23 heteroatoms. The molecule has 2 atom stereocenters. The molecule has 21 nitrogen and oxygen atoms in total. The average Bonchev–Trinajstić information content (AvgIpc) is 3.72. The number of ether oxygens (including phenoxy) is 1. The Morgan fingerprint density at radius 2 is 1.95 bits per heavy atom. The van der Waals surface area contributed by atoms with Crippen molar-refractivity contribution in [3.8, 4) is 11.6 Å². The maximum absolute atomic E-state index is 12.1. The van der Waals surface area contributed by atoms with Gasteiger partial charge in [0.05, 0.1) is 31.4 Å². The van der Waals surface area contributed by atoms with Crippen molar-refractivity contribution in [2.45, 2.75) is 18.9 Å². The summed E-state index contributed by atoms with van der Waals surface area (Å²) in [5, 5.41) is 20.0. The third-order valence-corrected chi connectivity index (χ3v) is 8.25. The number of hydrogen-bond donors (Lipinski definition) is 10. The SMILES string of the molecule is NC1=C2NCN(C3=C4O[P+](O)(O)OCc5oc(-n6cnc7c(=O)[nH]cnc76)cc5O[P+](O)(O)O/C=C(/O3)[C@H]4O)C2NCN1. The zero-order chi connectivity index (χ0) is 30.1. The molecule has 1 unspecified atom stereocenters. The minimum absolute atomic E-state index is 0.0113. The molecule has 4 aliphatic rings. The molecule has 3 aromatic rings. The zero-order valence-corrected chi connectivity index (χ0v) is 23.2. The van der Waals surface area contributed by atoms with Gasteiger partial charge in [-0.1, -0.05) is 0 Å². The molecular weight excluding hydrogens is 620 g/mol. The topological polar surface area (TPSA) is 289 Å². The van der Waals surface area contributed by atoms with Crippen LogP contribution in [0.25, 0.3) is 17.0 Å². The quantitative estimate of drug-likeness (QED) is 0.133. The Labute approximate surface area is 239 Å². The molecule has 0 saturated carbocycles. The molecule has 4 aliphatic heterocycles. The van der Waals surface area contributed by atoms with Gasteiger partial charge in [0, 0.05) is 0 Å². The summed E-state index contributed by atoms with van der Waals surface area (Å²) in [5.74, 6) is -1.39. The predicted octanol–water partition coefficient (Wildman–Crippen LogP) is -2.16. The van der Waals surface area contributed by atoms with E-state index in [-0.39, 0.29) is 47.8 Å². The molecule has 7 heterocycles. The Hall–Kier alpha value is -4.17. The first kappa shape index (κ1) is 27.7. The number of furan rings is 1. The molecule has 0 radical (unpaired) electrons. The van der Waals surface area contributed by atoms with Crippen LogP contribution in [0.15, 0.2) is 63.1 Å². The summed E-state index contributed by atoms with van der Waals surface area (Å²) in [6, 6.07) is 1.18. The van der Waals surface area contributed by atoms with Crippen molar-refractivity contribution < 1.29 is 51.9 Å². The number of aliphatic hydroxyl groups is 1. The highest BCUT2D eigenvalue weighted by atomic mass is 31.2. The second kappa shape index (κ2) is 9.95. The van der Waals surface area contributed by atoms with E-state index in [1.807, 2.05) is 0 Å². The van der Waals surface area contributed by atoms with Crippen molar-refractivity contribution in [1.82, 2.24) is 40.4 Å². The number of aromatic nitrogens is 4. The zero-order valence-electron chi connectivity index (χ0n) is 21.4. The van der Waals surface area contributed by atoms with E-state index in [1.54, 1.807) is 0 Å². The lowest BCUT2D eigenvalue weighted by Gasteiger charge is -2.30. The Balaban J connectivity index is 1.25. The first-order chi connectivity index (χ1) is 20.5. The van der Waals surface area contributed by atoms with Gasteiger partial charge >= 0.3 is 16.3 Å². The molecule has 1 fully saturated rings. The van der Waals surface area contributed by atoms with Crippen LogP contribution < -0.4 is 31.8 Å². The first-order valence-electron chi connectivity index (χ1n) is 12.2. The minimum atomic E-state index is -4.79. The Bertz CT molecular complexity index is 1760. The van der Waals surface area contributed by atoms with Crippen LogP contribution in [0.4, 0.5) is 0 Å². The maximum Gasteiger partial charge on any atom is 0.663 e. The maximum atomic E-state index is 12.1. The lowest BCUT2D eigenvalue weighted by molar-refractivity contribution is 0.100. The largest absolute Gasteiger partial charge is 0.663 e. The van der Waals surface area contributed by atoms with E-state index in [0.29, 0.717) is 17.8 Å². The highest BCUT2D eigenvalue weighted by Gasteiger charge is 2.53. The van der Waals surface area contributed by atoms with E-state index >= 15 is 0 Å². The van der Waals surface area contributed by atoms with Gasteiger partial charge in [0.25, 0.3) is 11.3 Å². The van der Waals surface area contributed by atoms with Gasteiger partial charge in [0.1, 0.15) is 18.3 Å². The summed E-state index contributed by atoms with van der Waals surface area (Å²) in [4.78, 5) is 66.7. The lowest BCUT2D eigenvalue weighted by atomic mass is 10.2. The molecule has 228 valence electrons. The van der Waals surface area contributed by atoms with Gasteiger partial charge in [-0.3, -0.25) is 28.2 Å². The normalized spacial score (nSPS) is 25.8. The number of H-pyrrole nitrogens is 1. The molecular formula is C20H23N9O12P2+2. The summed E-state index contributed by atoms with van der Waals surface area (Å²) < 4.78 is 33.7. The summed E-state index contributed by atoms with van der Waals surface area (Å²) in [5.41, 5.74) is 6.14. The number of nitrogens with two attached hydrogens (primary N) is 1. The molecule has 0 spiro atoms. The van der Waals surface area contributed by atoms with Crippen LogP contribution in [0.2, 0.25) is 0 Å². The van der Waals surface area contributed by atoms with Crippen LogP contribution in [0, 0.1) is 0 Å². The Morgan fingerprint density at radius 1 is 1.12 bits per heavy atom. The fourth-order valence-electron chi connectivity index (χ4n) is 4.61. The molecule has 1 saturated heterocycles. The molecule has 0 amide bonds. The molecule has 11 N–H and O–H groups in total. The van der Waals surface area contributed by atoms with Crippen molar-refractivity contribution in [3.63, 3.8) is 0 Å². The van der Waals surface area contributed by atoms with E-state index in [4.69, 9.17) is 33.0 Å². The highest BCUT2D eigenvalue weighted by Crippen LogP contribution is 2.59. The van der Waals surface area contributed by atoms with Gasteiger partial charge < -0.3 is 40.5 Å². The second-order valence-corrected chi connectivity index (χ2v) is 12.0. The molecule has 7 rings (SSSR count). The van der Waals surface area contributed by atoms with E-state index in [1.165, 1.54) is 21.9 Å². The number of nitrogens with one attached hydrogen (secondary N) is 4. The number of hydrogen-bond acceptors (Lipinski definition) is 19. The summed E-state index contributed by atoms with van der Waals surface area (Å²) >= 11 is 0. The second-order valence-electron chi connectivity index (χ2n) is 9.22. The van der Waals surface area contributed by atoms with Crippen LogP contribution in [0.5, 0.6) is 5.75 Å².